The highest BCUT2D eigenvalue weighted by Crippen LogP contribution is 2.36. The van der Waals surface area contributed by atoms with Crippen molar-refractivity contribution >= 4 is 43.6 Å². The van der Waals surface area contributed by atoms with Crippen LogP contribution in [-0.2, 0) is 5.41 Å². The zero-order valence-corrected chi connectivity index (χ0v) is 22.7. The van der Waals surface area contributed by atoms with Gasteiger partial charge in [-0.05, 0) is 59.7 Å². The van der Waals surface area contributed by atoms with Crippen LogP contribution in [0.1, 0.15) is 25.0 Å². The van der Waals surface area contributed by atoms with E-state index in [9.17, 15) is 0 Å². The molecule has 0 spiro atoms. The normalized spacial score (nSPS) is 12.1. The number of hydrogen-bond donors (Lipinski definition) is 0. The van der Waals surface area contributed by atoms with Gasteiger partial charge in [0.2, 0.25) is 0 Å². The van der Waals surface area contributed by atoms with Crippen LogP contribution in [0.3, 0.4) is 0 Å². The van der Waals surface area contributed by atoms with Gasteiger partial charge in [-0.1, -0.05) is 38.1 Å². The molecule has 0 saturated heterocycles. The van der Waals surface area contributed by atoms with Crippen molar-refractivity contribution in [1.29, 1.82) is 0 Å². The highest BCUT2D eigenvalue weighted by molar-refractivity contribution is 6.09. The predicted octanol–water partition coefficient (Wildman–Crippen LogP) is 7.79. The SMILES string of the molecule is CC(C)(c1ccc(-n2c3ccncc3c3cnccc32)cc1)c1ccc(-n2c3ccncc3c3cnccc32)cc1. The molecule has 41 heavy (non-hydrogen) atoms. The maximum absolute atomic E-state index is 4.35. The lowest BCUT2D eigenvalue weighted by atomic mass is 9.78. The van der Waals surface area contributed by atoms with Crippen LogP contribution in [0.15, 0.2) is 122 Å². The Balaban J connectivity index is 1.17. The molecule has 0 saturated carbocycles. The van der Waals surface area contributed by atoms with Crippen LogP contribution in [0, 0.1) is 0 Å². The molecule has 6 aromatic heterocycles. The Hall–Kier alpha value is -5.36. The molecule has 8 rings (SSSR count). The number of nitrogens with zero attached hydrogens (tertiary/aromatic N) is 6. The van der Waals surface area contributed by atoms with Crippen molar-refractivity contribution in [3.05, 3.63) is 133 Å². The molecule has 0 aliphatic heterocycles. The lowest BCUT2D eigenvalue weighted by Gasteiger charge is -2.27. The second kappa shape index (κ2) is 8.83. The highest BCUT2D eigenvalue weighted by atomic mass is 15.0. The molecule has 196 valence electrons. The molecule has 0 aliphatic rings. The van der Waals surface area contributed by atoms with Gasteiger partial charge in [0, 0.05) is 87.9 Å². The van der Waals surface area contributed by atoms with Gasteiger partial charge < -0.3 is 9.13 Å². The molecule has 8 aromatic rings. The lowest BCUT2D eigenvalue weighted by Crippen LogP contribution is -2.19. The maximum atomic E-state index is 4.35. The van der Waals surface area contributed by atoms with Gasteiger partial charge in [0.1, 0.15) is 0 Å². The second-order valence-electron chi connectivity index (χ2n) is 11.0. The fraction of sp³-hybridized carbons (Fsp3) is 0.0857. The van der Waals surface area contributed by atoms with Crippen LogP contribution in [0.2, 0.25) is 0 Å². The number of pyridine rings is 4. The van der Waals surface area contributed by atoms with E-state index in [1.165, 1.54) is 11.1 Å². The van der Waals surface area contributed by atoms with Crippen LogP contribution in [-0.4, -0.2) is 29.1 Å². The number of hydrogen-bond acceptors (Lipinski definition) is 4. The van der Waals surface area contributed by atoms with Crippen molar-refractivity contribution in [2.75, 3.05) is 0 Å². The van der Waals surface area contributed by atoms with E-state index in [4.69, 9.17) is 0 Å². The standard InChI is InChI=1S/C35H26N6/c1-35(2,23-3-7-25(8-4-23)40-31-11-15-36-19-27(31)28-20-37-16-12-32(28)40)24-5-9-26(10-6-24)41-33-13-17-38-21-29(33)30-22-39-18-14-34(30)41/h3-22H,1-2H3. The largest absolute Gasteiger partial charge is 0.309 e. The van der Waals surface area contributed by atoms with Crippen LogP contribution in [0.5, 0.6) is 0 Å². The van der Waals surface area contributed by atoms with E-state index >= 15 is 0 Å². The van der Waals surface area contributed by atoms with Gasteiger partial charge in [0.25, 0.3) is 0 Å². The van der Waals surface area contributed by atoms with Crippen LogP contribution >= 0.6 is 0 Å². The van der Waals surface area contributed by atoms with Gasteiger partial charge >= 0.3 is 0 Å². The van der Waals surface area contributed by atoms with Crippen LogP contribution in [0.4, 0.5) is 0 Å². The van der Waals surface area contributed by atoms with Gasteiger partial charge in [0.15, 0.2) is 0 Å². The van der Waals surface area contributed by atoms with Crippen molar-refractivity contribution < 1.29 is 0 Å². The average Bonchev–Trinajstić information content (AvgIpc) is 3.54. The number of rotatable bonds is 4. The number of aromatic nitrogens is 6. The minimum atomic E-state index is -0.180. The molecule has 0 aliphatic carbocycles. The first kappa shape index (κ1) is 23.5. The predicted molar refractivity (Wildman–Crippen MR) is 165 cm³/mol. The molecule has 6 heteroatoms. The summed E-state index contributed by atoms with van der Waals surface area (Å²) in [5.74, 6) is 0. The monoisotopic (exact) mass is 530 g/mol. The van der Waals surface area contributed by atoms with Crippen molar-refractivity contribution in [2.45, 2.75) is 19.3 Å². The Morgan fingerprint density at radius 3 is 1.00 bits per heavy atom. The van der Waals surface area contributed by atoms with Gasteiger partial charge in [0.05, 0.1) is 22.1 Å². The summed E-state index contributed by atoms with van der Waals surface area (Å²) in [7, 11) is 0. The summed E-state index contributed by atoms with van der Waals surface area (Å²) in [6, 6.07) is 26.1. The number of fused-ring (bicyclic) bond motifs is 6. The summed E-state index contributed by atoms with van der Waals surface area (Å²) in [6.07, 6.45) is 15.1. The third kappa shape index (κ3) is 3.50. The zero-order valence-electron chi connectivity index (χ0n) is 22.7. The molecule has 0 radical (unpaired) electrons. The first-order valence-corrected chi connectivity index (χ1v) is 13.7. The minimum Gasteiger partial charge on any atom is -0.309 e. The molecule has 6 heterocycles. The smallest absolute Gasteiger partial charge is 0.0572 e. The molecular weight excluding hydrogens is 504 g/mol. The average molecular weight is 531 g/mol. The summed E-state index contributed by atoms with van der Waals surface area (Å²) in [6.45, 7) is 4.57. The topological polar surface area (TPSA) is 61.4 Å². The molecule has 0 bridgehead atoms. The van der Waals surface area contributed by atoms with Crippen molar-refractivity contribution in [3.63, 3.8) is 0 Å². The molecular formula is C35H26N6. The molecule has 0 unspecified atom stereocenters. The van der Waals surface area contributed by atoms with Crippen LogP contribution < -0.4 is 0 Å². The Kier molecular flexibility index (Phi) is 5.06. The highest BCUT2D eigenvalue weighted by Gasteiger charge is 2.24. The fourth-order valence-corrected chi connectivity index (χ4v) is 6.20. The fourth-order valence-electron chi connectivity index (χ4n) is 6.20. The molecule has 2 aromatic carbocycles. The second-order valence-corrected chi connectivity index (χ2v) is 11.0. The van der Waals surface area contributed by atoms with Gasteiger partial charge in [-0.2, -0.15) is 0 Å². The van der Waals surface area contributed by atoms with Crippen molar-refractivity contribution in [1.82, 2.24) is 29.1 Å². The van der Waals surface area contributed by atoms with E-state index in [0.29, 0.717) is 0 Å². The first-order chi connectivity index (χ1) is 20.1. The summed E-state index contributed by atoms with van der Waals surface area (Å²) < 4.78 is 4.58. The third-order valence-corrected chi connectivity index (χ3v) is 8.43. The van der Waals surface area contributed by atoms with Gasteiger partial charge in [-0.15, -0.1) is 0 Å². The Labute approximate surface area is 236 Å². The van der Waals surface area contributed by atoms with E-state index in [-0.39, 0.29) is 5.41 Å². The van der Waals surface area contributed by atoms with E-state index in [1.54, 1.807) is 0 Å². The molecule has 0 amide bonds. The van der Waals surface area contributed by atoms with E-state index in [1.807, 2.05) is 49.6 Å². The summed E-state index contributed by atoms with van der Waals surface area (Å²) in [5.41, 5.74) is 9.08. The van der Waals surface area contributed by atoms with Gasteiger partial charge in [-0.3, -0.25) is 19.9 Å². The Bertz CT molecular complexity index is 1950. The minimum absolute atomic E-state index is 0.180. The molecule has 0 N–H and O–H groups in total. The quantitative estimate of drug-likeness (QED) is 0.233. The van der Waals surface area contributed by atoms with E-state index in [2.05, 4.69) is 116 Å². The summed E-state index contributed by atoms with van der Waals surface area (Å²) in [4.78, 5) is 17.4. The first-order valence-electron chi connectivity index (χ1n) is 13.7. The molecule has 0 fully saturated rings. The van der Waals surface area contributed by atoms with Crippen molar-refractivity contribution in [2.24, 2.45) is 0 Å². The number of benzene rings is 2. The van der Waals surface area contributed by atoms with E-state index in [0.717, 1.165) is 55.0 Å². The third-order valence-electron chi connectivity index (χ3n) is 8.43. The Morgan fingerprint density at radius 2 is 0.707 bits per heavy atom. The Morgan fingerprint density at radius 1 is 0.415 bits per heavy atom. The summed E-state index contributed by atoms with van der Waals surface area (Å²) >= 11 is 0. The lowest BCUT2D eigenvalue weighted by molar-refractivity contribution is 0.640. The maximum Gasteiger partial charge on any atom is 0.0572 e. The zero-order chi connectivity index (χ0) is 27.6. The summed E-state index contributed by atoms with van der Waals surface area (Å²) in [5, 5.41) is 4.43. The van der Waals surface area contributed by atoms with Gasteiger partial charge in [-0.25, -0.2) is 0 Å². The van der Waals surface area contributed by atoms with Crippen LogP contribution in [0.25, 0.3) is 55.0 Å². The van der Waals surface area contributed by atoms with E-state index < -0.39 is 0 Å². The van der Waals surface area contributed by atoms with Crippen molar-refractivity contribution in [3.8, 4) is 11.4 Å². The molecule has 0 atom stereocenters. The molecule has 6 nitrogen and oxygen atoms in total.